The molecule has 0 aliphatic rings. The van der Waals surface area contributed by atoms with Crippen LogP contribution in [0.3, 0.4) is 0 Å². The van der Waals surface area contributed by atoms with Gasteiger partial charge in [0.1, 0.15) is 29.3 Å². The van der Waals surface area contributed by atoms with Gasteiger partial charge >= 0.3 is 0 Å². The summed E-state index contributed by atoms with van der Waals surface area (Å²) in [7, 11) is 1.32. The molecule has 0 unspecified atom stereocenters. The maximum Gasteiger partial charge on any atom is 0.257 e. The van der Waals surface area contributed by atoms with E-state index >= 15 is 0 Å². The number of pyridine rings is 2. The van der Waals surface area contributed by atoms with Gasteiger partial charge < -0.3 is 10.1 Å². The van der Waals surface area contributed by atoms with E-state index in [9.17, 15) is 13.6 Å². The van der Waals surface area contributed by atoms with Gasteiger partial charge in [-0.25, -0.2) is 18.7 Å². The Bertz CT molecular complexity index is 1370. The van der Waals surface area contributed by atoms with Crippen LogP contribution in [-0.2, 0) is 0 Å². The Kier molecular flexibility index (Phi) is 5.24. The van der Waals surface area contributed by atoms with Crippen LogP contribution in [0, 0.1) is 23.0 Å². The van der Waals surface area contributed by atoms with Crippen LogP contribution in [-0.4, -0.2) is 23.0 Å². The summed E-state index contributed by atoms with van der Waals surface area (Å²) in [6.45, 7) is 0. The summed E-state index contributed by atoms with van der Waals surface area (Å²) in [6, 6.07) is 14.8. The number of amides is 1. The number of hydrogen-bond acceptors (Lipinski definition) is 5. The van der Waals surface area contributed by atoms with E-state index in [-0.39, 0.29) is 33.8 Å². The van der Waals surface area contributed by atoms with Gasteiger partial charge in [-0.15, -0.1) is 0 Å². The van der Waals surface area contributed by atoms with E-state index in [1.165, 1.54) is 25.3 Å². The van der Waals surface area contributed by atoms with Crippen molar-refractivity contribution in [2.24, 2.45) is 0 Å². The highest BCUT2D eigenvalue weighted by molar-refractivity contribution is 6.05. The number of rotatable bonds is 4. The zero-order valence-electron chi connectivity index (χ0n) is 16.2. The third-order valence-electron chi connectivity index (χ3n) is 4.62. The molecule has 6 nitrogen and oxygen atoms in total. The Morgan fingerprint density at radius 2 is 1.94 bits per heavy atom. The molecule has 0 saturated carbocycles. The smallest absolute Gasteiger partial charge is 0.257 e. The number of anilines is 1. The van der Waals surface area contributed by atoms with Crippen LogP contribution in [0.5, 0.6) is 5.75 Å². The van der Waals surface area contributed by atoms with Gasteiger partial charge in [-0.3, -0.25) is 4.79 Å². The number of methoxy groups -OCH3 is 1. The van der Waals surface area contributed by atoms with Gasteiger partial charge in [0.05, 0.1) is 18.2 Å². The Labute approximate surface area is 175 Å². The summed E-state index contributed by atoms with van der Waals surface area (Å²) in [5.41, 5.74) is 0.462. The Morgan fingerprint density at radius 3 is 2.68 bits per heavy atom. The number of fused-ring (bicyclic) bond motifs is 1. The van der Waals surface area contributed by atoms with E-state index in [2.05, 4.69) is 15.3 Å². The lowest BCUT2D eigenvalue weighted by atomic mass is 10.00. The topological polar surface area (TPSA) is 87.9 Å². The molecule has 0 aliphatic heterocycles. The lowest BCUT2D eigenvalue weighted by Gasteiger charge is -2.13. The van der Waals surface area contributed by atoms with E-state index in [0.717, 1.165) is 17.5 Å². The summed E-state index contributed by atoms with van der Waals surface area (Å²) in [4.78, 5) is 21.1. The molecule has 0 radical (unpaired) electrons. The van der Waals surface area contributed by atoms with Gasteiger partial charge in [-0.05, 0) is 54.1 Å². The summed E-state index contributed by atoms with van der Waals surface area (Å²) in [5.74, 6) is -1.85. The number of nitrogens with one attached hydrogen (secondary N) is 1. The minimum absolute atomic E-state index is 0.00450. The number of halogens is 2. The molecule has 0 saturated heterocycles. The Morgan fingerprint density at radius 1 is 1.10 bits per heavy atom. The molecule has 8 heteroatoms. The van der Waals surface area contributed by atoms with Crippen LogP contribution in [0.2, 0.25) is 0 Å². The zero-order valence-corrected chi connectivity index (χ0v) is 16.2. The number of hydrogen-bond donors (Lipinski definition) is 1. The molecular weight excluding hydrogens is 402 g/mol. The molecule has 0 spiro atoms. The predicted molar refractivity (Wildman–Crippen MR) is 111 cm³/mol. The zero-order chi connectivity index (χ0) is 22.0. The first-order valence-corrected chi connectivity index (χ1v) is 9.11. The molecule has 2 heterocycles. The summed E-state index contributed by atoms with van der Waals surface area (Å²) in [6.07, 6.45) is 1.59. The van der Waals surface area contributed by atoms with E-state index in [1.54, 1.807) is 30.5 Å². The molecule has 4 aromatic rings. The van der Waals surface area contributed by atoms with Gasteiger partial charge in [-0.2, -0.15) is 5.26 Å². The molecule has 0 bridgehead atoms. The highest BCUT2D eigenvalue weighted by Gasteiger charge is 2.19. The van der Waals surface area contributed by atoms with Crippen molar-refractivity contribution in [2.45, 2.75) is 0 Å². The number of nitrogens with zero attached hydrogens (tertiary/aromatic N) is 3. The van der Waals surface area contributed by atoms with Crippen LogP contribution < -0.4 is 10.1 Å². The lowest BCUT2D eigenvalue weighted by molar-refractivity contribution is 0.102. The molecule has 1 amide bonds. The molecule has 2 aromatic carbocycles. The van der Waals surface area contributed by atoms with Crippen molar-refractivity contribution in [3.05, 3.63) is 83.6 Å². The number of nitriles is 1. The second kappa shape index (κ2) is 8.16. The Balaban J connectivity index is 1.67. The predicted octanol–water partition coefficient (Wildman–Crippen LogP) is 4.71. The van der Waals surface area contributed by atoms with Crippen LogP contribution >= 0.6 is 0 Å². The van der Waals surface area contributed by atoms with Gasteiger partial charge in [0.25, 0.3) is 5.91 Å². The van der Waals surface area contributed by atoms with E-state index < -0.39 is 17.5 Å². The van der Waals surface area contributed by atoms with Crippen molar-refractivity contribution < 1.29 is 18.3 Å². The first-order chi connectivity index (χ1) is 15.0. The summed E-state index contributed by atoms with van der Waals surface area (Å²) in [5, 5.41) is 12.3. The number of ether oxygens (including phenoxy) is 1. The average molecular weight is 416 g/mol. The van der Waals surface area contributed by atoms with Crippen molar-refractivity contribution in [1.82, 2.24) is 9.97 Å². The standard InChI is InChI=1S/C23H14F2N4O2/c1-31-19-11-16(10-18(25)21(19)14-4-5-15(12-26)17(24)9-14)23(30)29-20-7-6-13-3-2-8-27-22(13)28-20/h2-11H,1H3,(H,27,28,29,30). The van der Waals surface area contributed by atoms with Crippen molar-refractivity contribution in [3.8, 4) is 22.9 Å². The first-order valence-electron chi connectivity index (χ1n) is 9.11. The quantitative estimate of drug-likeness (QED) is 0.521. The van der Waals surface area contributed by atoms with E-state index in [1.807, 2.05) is 6.07 Å². The van der Waals surface area contributed by atoms with E-state index in [0.29, 0.717) is 5.65 Å². The second-order valence-electron chi connectivity index (χ2n) is 6.54. The number of carbonyl (C=O) groups excluding carboxylic acids is 1. The minimum Gasteiger partial charge on any atom is -0.496 e. The van der Waals surface area contributed by atoms with Crippen molar-refractivity contribution in [1.29, 1.82) is 5.26 Å². The van der Waals surface area contributed by atoms with Gasteiger partial charge in [0.2, 0.25) is 0 Å². The van der Waals surface area contributed by atoms with Crippen molar-refractivity contribution >= 4 is 22.8 Å². The summed E-state index contributed by atoms with van der Waals surface area (Å²) < 4.78 is 34.2. The average Bonchev–Trinajstić information content (AvgIpc) is 2.78. The SMILES string of the molecule is COc1cc(C(=O)Nc2ccc3cccnc3n2)cc(F)c1-c1ccc(C#N)c(F)c1. The number of benzene rings is 2. The monoisotopic (exact) mass is 416 g/mol. The van der Waals surface area contributed by atoms with Crippen molar-refractivity contribution in [3.63, 3.8) is 0 Å². The third-order valence-corrected chi connectivity index (χ3v) is 4.62. The van der Waals surface area contributed by atoms with Crippen molar-refractivity contribution in [2.75, 3.05) is 12.4 Å². The Hall–Kier alpha value is -4.38. The van der Waals surface area contributed by atoms with Crippen LogP contribution in [0.1, 0.15) is 15.9 Å². The number of aromatic nitrogens is 2. The maximum absolute atomic E-state index is 14.9. The van der Waals surface area contributed by atoms with Crippen LogP contribution in [0.15, 0.2) is 60.8 Å². The molecule has 1 N–H and O–H groups in total. The molecule has 4 rings (SSSR count). The molecule has 2 aromatic heterocycles. The fourth-order valence-electron chi connectivity index (χ4n) is 3.13. The first kappa shape index (κ1) is 19.9. The highest BCUT2D eigenvalue weighted by atomic mass is 19.1. The fourth-order valence-corrected chi connectivity index (χ4v) is 3.13. The molecule has 31 heavy (non-hydrogen) atoms. The molecule has 0 atom stereocenters. The molecule has 0 fully saturated rings. The van der Waals surface area contributed by atoms with Crippen LogP contribution in [0.4, 0.5) is 14.6 Å². The molecular formula is C23H14F2N4O2. The molecule has 0 aliphatic carbocycles. The largest absolute Gasteiger partial charge is 0.496 e. The molecule has 152 valence electrons. The number of carbonyl (C=O) groups is 1. The minimum atomic E-state index is -0.778. The van der Waals surface area contributed by atoms with Gasteiger partial charge in [0, 0.05) is 17.1 Å². The second-order valence-corrected chi connectivity index (χ2v) is 6.54. The maximum atomic E-state index is 14.9. The third kappa shape index (κ3) is 3.89. The fraction of sp³-hybridized carbons (Fsp3) is 0.0435. The van der Waals surface area contributed by atoms with E-state index in [4.69, 9.17) is 10.00 Å². The summed E-state index contributed by atoms with van der Waals surface area (Å²) >= 11 is 0. The van der Waals surface area contributed by atoms with Gasteiger partial charge in [0.15, 0.2) is 5.65 Å². The van der Waals surface area contributed by atoms with Gasteiger partial charge in [-0.1, -0.05) is 6.07 Å². The normalized spacial score (nSPS) is 10.5. The lowest BCUT2D eigenvalue weighted by Crippen LogP contribution is -2.14. The van der Waals surface area contributed by atoms with Crippen LogP contribution in [0.25, 0.3) is 22.2 Å². The highest BCUT2D eigenvalue weighted by Crippen LogP contribution is 2.35.